The number of nitrogen functional groups attached to an aromatic ring is 1. The number of carbonyl (C=O) groups excluding carboxylic acids is 3. The first-order valence-electron chi connectivity index (χ1n) is 12.0. The highest BCUT2D eigenvalue weighted by Crippen LogP contribution is 2.21. The van der Waals surface area contributed by atoms with Crippen LogP contribution < -0.4 is 17.0 Å². The van der Waals surface area contributed by atoms with Gasteiger partial charge in [0.15, 0.2) is 0 Å². The van der Waals surface area contributed by atoms with E-state index in [1.54, 1.807) is 11.8 Å². The number of hydrogen-bond acceptors (Lipinski definition) is 8. The summed E-state index contributed by atoms with van der Waals surface area (Å²) in [5, 5.41) is 0. The molecule has 2 aliphatic rings. The highest BCUT2D eigenvalue weighted by molar-refractivity contribution is 6.06. The Bertz CT molecular complexity index is 1440. The third kappa shape index (κ3) is 6.93. The average Bonchev–Trinajstić information content (AvgIpc) is 3.37. The number of aromatic nitrogens is 2. The lowest BCUT2D eigenvalue weighted by atomic mass is 10.2. The van der Waals surface area contributed by atoms with Gasteiger partial charge in [-0.25, -0.2) is 9.78 Å². The van der Waals surface area contributed by atoms with Crippen LogP contribution in [0.15, 0.2) is 76.7 Å². The number of fused-ring (bicyclic) bond motifs is 1. The number of hydrogen-bond donors (Lipinski definition) is 3. The van der Waals surface area contributed by atoms with E-state index >= 15 is 0 Å². The number of ether oxygens (including phenoxy) is 1. The summed E-state index contributed by atoms with van der Waals surface area (Å²) in [5.41, 5.74) is 13.6. The topological polar surface area (TPSA) is 165 Å². The third-order valence-electron chi connectivity index (χ3n) is 6.02. The SMILES string of the molecule is C.C.CCOC(=O)C1=C(N)C(=O)N(Cc2ccccc2)C1.Nc1nc2c(c(=O)[nH]1)CN(Cc1ccccc1)C2=O. The number of rotatable bonds is 6. The summed E-state index contributed by atoms with van der Waals surface area (Å²) in [7, 11) is 0. The molecule has 0 spiro atoms. The number of carbonyl (C=O) groups is 3. The van der Waals surface area contributed by atoms with Gasteiger partial charge in [-0.3, -0.25) is 19.4 Å². The molecule has 40 heavy (non-hydrogen) atoms. The molecule has 0 radical (unpaired) electrons. The third-order valence-corrected chi connectivity index (χ3v) is 6.02. The molecule has 0 fully saturated rings. The second-order valence-corrected chi connectivity index (χ2v) is 8.68. The van der Waals surface area contributed by atoms with Gasteiger partial charge in [-0.15, -0.1) is 0 Å². The van der Waals surface area contributed by atoms with E-state index < -0.39 is 5.97 Å². The minimum absolute atomic E-state index is 0. The standard InChI is InChI=1S/C14H16N2O3.C13H12N4O2.2CH4/c1-2-19-14(18)11-9-16(13(17)12(11)15)8-10-6-4-3-5-7-10;14-13-15-10-9(11(18)16-13)7-17(12(10)19)6-8-4-2-1-3-5-8;;/h3-7H,2,8-9,15H2,1H3;1-5H,6-7H2,(H3,14,15,16,18);2*1H4. The quantitative estimate of drug-likeness (QED) is 0.396. The maximum absolute atomic E-state index is 12.2. The van der Waals surface area contributed by atoms with Crippen molar-refractivity contribution in [3.63, 3.8) is 0 Å². The van der Waals surface area contributed by atoms with Crippen molar-refractivity contribution >= 4 is 23.7 Å². The molecule has 2 aliphatic heterocycles. The lowest BCUT2D eigenvalue weighted by Gasteiger charge is -2.16. The van der Waals surface area contributed by atoms with Crippen molar-refractivity contribution in [1.82, 2.24) is 19.8 Å². The smallest absolute Gasteiger partial charge is 0.338 e. The number of benzene rings is 2. The Hall–Kier alpha value is -4.93. The van der Waals surface area contributed by atoms with E-state index in [4.69, 9.17) is 16.2 Å². The predicted octanol–water partition coefficient (Wildman–Crippen LogP) is 2.59. The molecule has 3 aromatic rings. The first kappa shape index (κ1) is 31.3. The van der Waals surface area contributed by atoms with E-state index in [0.29, 0.717) is 18.7 Å². The largest absolute Gasteiger partial charge is 0.463 e. The van der Waals surface area contributed by atoms with E-state index in [2.05, 4.69) is 9.97 Å². The Labute approximate surface area is 233 Å². The van der Waals surface area contributed by atoms with Crippen LogP contribution in [0, 0.1) is 0 Å². The predicted molar refractivity (Wildman–Crippen MR) is 152 cm³/mol. The molecule has 0 aliphatic carbocycles. The van der Waals surface area contributed by atoms with Crippen molar-refractivity contribution in [2.75, 3.05) is 18.9 Å². The van der Waals surface area contributed by atoms with Crippen LogP contribution in [0.3, 0.4) is 0 Å². The van der Waals surface area contributed by atoms with Crippen LogP contribution in [0.2, 0.25) is 0 Å². The van der Waals surface area contributed by atoms with Crippen LogP contribution in [0.1, 0.15) is 49.0 Å². The van der Waals surface area contributed by atoms with Crippen molar-refractivity contribution in [2.24, 2.45) is 5.73 Å². The monoisotopic (exact) mass is 548 g/mol. The van der Waals surface area contributed by atoms with Crippen molar-refractivity contribution in [1.29, 1.82) is 0 Å². The summed E-state index contributed by atoms with van der Waals surface area (Å²) in [6, 6.07) is 19.2. The second-order valence-electron chi connectivity index (χ2n) is 8.68. The van der Waals surface area contributed by atoms with Gasteiger partial charge in [0.2, 0.25) is 5.95 Å². The summed E-state index contributed by atoms with van der Waals surface area (Å²) in [6.45, 7) is 3.35. The molecule has 5 N–H and O–H groups in total. The first-order valence-corrected chi connectivity index (χ1v) is 12.0. The van der Waals surface area contributed by atoms with Crippen molar-refractivity contribution in [2.45, 2.75) is 41.4 Å². The lowest BCUT2D eigenvalue weighted by molar-refractivity contribution is -0.138. The number of nitrogens with one attached hydrogen (secondary N) is 1. The number of nitrogens with two attached hydrogens (primary N) is 2. The molecule has 0 atom stereocenters. The lowest BCUT2D eigenvalue weighted by Crippen LogP contribution is -2.28. The Kier molecular flexibility index (Phi) is 10.7. The second kappa shape index (κ2) is 13.7. The zero-order chi connectivity index (χ0) is 27.2. The Morgan fingerprint density at radius 1 is 0.875 bits per heavy atom. The Balaban J connectivity index is 0.000000267. The molecule has 11 heteroatoms. The molecule has 0 bridgehead atoms. The molecule has 0 saturated heterocycles. The van der Waals surface area contributed by atoms with Gasteiger partial charge in [0.1, 0.15) is 11.4 Å². The van der Waals surface area contributed by atoms with E-state index in [0.717, 1.165) is 11.1 Å². The molecule has 2 amide bonds. The van der Waals surface area contributed by atoms with Gasteiger partial charge in [0.05, 0.1) is 30.8 Å². The van der Waals surface area contributed by atoms with Crippen molar-refractivity contribution in [3.8, 4) is 0 Å². The van der Waals surface area contributed by atoms with Gasteiger partial charge < -0.3 is 26.0 Å². The Morgan fingerprint density at radius 3 is 1.93 bits per heavy atom. The van der Waals surface area contributed by atoms with Gasteiger partial charge in [-0.05, 0) is 18.1 Å². The number of H-pyrrole nitrogens is 1. The average molecular weight is 549 g/mol. The maximum atomic E-state index is 12.2. The zero-order valence-corrected chi connectivity index (χ0v) is 20.8. The van der Waals surface area contributed by atoms with Crippen molar-refractivity contribution in [3.05, 3.63) is 105 Å². The minimum atomic E-state index is -0.510. The molecule has 3 heterocycles. The summed E-state index contributed by atoms with van der Waals surface area (Å²) < 4.78 is 4.89. The fraction of sp³-hybridized carbons (Fsp3) is 0.276. The maximum Gasteiger partial charge on any atom is 0.338 e. The van der Waals surface area contributed by atoms with E-state index in [1.807, 2.05) is 60.7 Å². The zero-order valence-electron chi connectivity index (χ0n) is 20.8. The van der Waals surface area contributed by atoms with Crippen LogP contribution in [-0.4, -0.2) is 50.7 Å². The molecule has 1 aromatic heterocycles. The molecule has 0 unspecified atom stereocenters. The van der Waals surface area contributed by atoms with Gasteiger partial charge in [-0.2, -0.15) is 0 Å². The van der Waals surface area contributed by atoms with Gasteiger partial charge in [0.25, 0.3) is 17.4 Å². The molecule has 212 valence electrons. The Morgan fingerprint density at radius 2 is 1.40 bits per heavy atom. The highest BCUT2D eigenvalue weighted by Gasteiger charge is 2.33. The number of nitrogens with zero attached hydrogens (tertiary/aromatic N) is 3. The van der Waals surface area contributed by atoms with Gasteiger partial charge in [-0.1, -0.05) is 75.5 Å². The van der Waals surface area contributed by atoms with Crippen LogP contribution in [0.5, 0.6) is 0 Å². The summed E-state index contributed by atoms with van der Waals surface area (Å²) >= 11 is 0. The first-order chi connectivity index (χ1) is 18.3. The minimum Gasteiger partial charge on any atom is -0.463 e. The van der Waals surface area contributed by atoms with E-state index in [1.165, 1.54) is 4.90 Å². The molecule has 2 aromatic carbocycles. The fourth-order valence-electron chi connectivity index (χ4n) is 4.15. The van der Waals surface area contributed by atoms with Crippen LogP contribution in [0.4, 0.5) is 5.95 Å². The summed E-state index contributed by atoms with van der Waals surface area (Å²) in [6.07, 6.45) is 0. The molecule has 0 saturated carbocycles. The van der Waals surface area contributed by atoms with Crippen LogP contribution in [0.25, 0.3) is 0 Å². The van der Waals surface area contributed by atoms with Crippen LogP contribution >= 0.6 is 0 Å². The highest BCUT2D eigenvalue weighted by atomic mass is 16.5. The van der Waals surface area contributed by atoms with Gasteiger partial charge >= 0.3 is 5.97 Å². The van der Waals surface area contributed by atoms with E-state index in [9.17, 15) is 19.2 Å². The fourth-order valence-corrected chi connectivity index (χ4v) is 4.15. The number of aromatic amines is 1. The van der Waals surface area contributed by atoms with Crippen LogP contribution in [-0.2, 0) is 34.0 Å². The van der Waals surface area contributed by atoms with E-state index in [-0.39, 0.29) is 74.8 Å². The molecular formula is C29H36N6O5. The summed E-state index contributed by atoms with van der Waals surface area (Å²) in [4.78, 5) is 57.0. The molecule has 11 nitrogen and oxygen atoms in total. The normalized spacial score (nSPS) is 13.6. The molecule has 5 rings (SSSR count). The summed E-state index contributed by atoms with van der Waals surface area (Å²) in [5.74, 6) is -1.11. The van der Waals surface area contributed by atoms with Gasteiger partial charge in [0, 0.05) is 13.1 Å². The van der Waals surface area contributed by atoms with Crippen molar-refractivity contribution < 1.29 is 19.1 Å². The number of esters is 1. The number of anilines is 1. The number of amides is 2. The molecular weight excluding hydrogens is 512 g/mol.